The highest BCUT2D eigenvalue weighted by molar-refractivity contribution is 5.95. The van der Waals surface area contributed by atoms with Crippen LogP contribution in [0.5, 0.6) is 0 Å². The molecule has 1 aliphatic rings. The van der Waals surface area contributed by atoms with E-state index in [2.05, 4.69) is 27.8 Å². The van der Waals surface area contributed by atoms with E-state index in [1.54, 1.807) is 12.3 Å². The van der Waals surface area contributed by atoms with Crippen molar-refractivity contribution in [2.24, 2.45) is 0 Å². The van der Waals surface area contributed by atoms with Crippen LogP contribution >= 0.6 is 0 Å². The van der Waals surface area contributed by atoms with Crippen LogP contribution in [0.4, 0.5) is 5.82 Å². The van der Waals surface area contributed by atoms with Gasteiger partial charge in [-0.3, -0.25) is 9.59 Å². The molecule has 2 N–H and O–H groups in total. The normalized spacial score (nSPS) is 14.1. The van der Waals surface area contributed by atoms with Crippen molar-refractivity contribution in [2.75, 3.05) is 5.32 Å². The molecule has 0 bridgehead atoms. The quantitative estimate of drug-likeness (QED) is 0.682. The van der Waals surface area contributed by atoms with Gasteiger partial charge in [0.05, 0.1) is 5.54 Å². The molecular formula is C24H23N3O2. The van der Waals surface area contributed by atoms with E-state index in [-0.39, 0.29) is 17.4 Å². The topological polar surface area (TPSA) is 71.1 Å². The van der Waals surface area contributed by atoms with Gasteiger partial charge in [-0.05, 0) is 55.2 Å². The van der Waals surface area contributed by atoms with Crippen molar-refractivity contribution in [3.8, 4) is 11.1 Å². The third kappa shape index (κ3) is 4.19. The molecule has 2 aromatic carbocycles. The van der Waals surface area contributed by atoms with E-state index >= 15 is 0 Å². The van der Waals surface area contributed by atoms with Gasteiger partial charge < -0.3 is 10.6 Å². The standard InChI is InChI=1S/C24H23N3O2/c1-16-3-5-19(6-4-16)23(29)27-24(13-14-24)21-10-7-18(8-11-21)20-9-12-22(25-15-20)26-17(2)28/h3-12,15H,13-14H2,1-2H3,(H,27,29)(H,25,26,28). The molecule has 1 saturated carbocycles. The number of nitrogens with one attached hydrogen (secondary N) is 2. The van der Waals surface area contributed by atoms with Crippen LogP contribution in [0.15, 0.2) is 66.9 Å². The Morgan fingerprint density at radius 1 is 0.897 bits per heavy atom. The van der Waals surface area contributed by atoms with Crippen molar-refractivity contribution in [1.29, 1.82) is 0 Å². The molecule has 0 atom stereocenters. The number of aromatic nitrogens is 1. The van der Waals surface area contributed by atoms with Crippen LogP contribution in [0, 0.1) is 6.92 Å². The molecule has 1 aromatic heterocycles. The van der Waals surface area contributed by atoms with E-state index in [0.29, 0.717) is 11.4 Å². The summed E-state index contributed by atoms with van der Waals surface area (Å²) in [4.78, 5) is 28.0. The van der Waals surface area contributed by atoms with Crippen LogP contribution in [0.2, 0.25) is 0 Å². The van der Waals surface area contributed by atoms with Gasteiger partial charge in [0, 0.05) is 24.2 Å². The molecule has 2 amide bonds. The molecule has 5 heteroatoms. The van der Waals surface area contributed by atoms with Gasteiger partial charge in [-0.2, -0.15) is 0 Å². The predicted octanol–water partition coefficient (Wildman–Crippen LogP) is 4.43. The second kappa shape index (κ2) is 7.51. The number of carbonyl (C=O) groups is 2. The molecule has 3 aromatic rings. The summed E-state index contributed by atoms with van der Waals surface area (Å²) in [6.07, 6.45) is 3.63. The van der Waals surface area contributed by atoms with E-state index in [4.69, 9.17) is 0 Å². The summed E-state index contributed by atoms with van der Waals surface area (Å²) < 4.78 is 0. The van der Waals surface area contributed by atoms with Crippen LogP contribution in [0.3, 0.4) is 0 Å². The first-order valence-electron chi connectivity index (χ1n) is 9.69. The maximum absolute atomic E-state index is 12.6. The zero-order chi connectivity index (χ0) is 20.4. The predicted molar refractivity (Wildman–Crippen MR) is 114 cm³/mol. The number of nitrogens with zero attached hydrogens (tertiary/aromatic N) is 1. The van der Waals surface area contributed by atoms with Crippen LogP contribution in [-0.2, 0) is 10.3 Å². The molecule has 1 fully saturated rings. The number of hydrogen-bond acceptors (Lipinski definition) is 3. The van der Waals surface area contributed by atoms with Gasteiger partial charge in [0.25, 0.3) is 5.91 Å². The fourth-order valence-electron chi connectivity index (χ4n) is 3.41. The van der Waals surface area contributed by atoms with Gasteiger partial charge in [0.1, 0.15) is 5.82 Å². The number of benzene rings is 2. The maximum Gasteiger partial charge on any atom is 0.251 e. The number of carbonyl (C=O) groups excluding carboxylic acids is 2. The number of pyridine rings is 1. The van der Waals surface area contributed by atoms with Crippen LogP contribution < -0.4 is 10.6 Å². The van der Waals surface area contributed by atoms with Gasteiger partial charge >= 0.3 is 0 Å². The molecule has 146 valence electrons. The molecule has 1 heterocycles. The molecule has 0 radical (unpaired) electrons. The zero-order valence-electron chi connectivity index (χ0n) is 16.5. The molecular weight excluding hydrogens is 362 g/mol. The molecule has 29 heavy (non-hydrogen) atoms. The van der Waals surface area contributed by atoms with Crippen molar-refractivity contribution in [3.05, 3.63) is 83.6 Å². The van der Waals surface area contributed by atoms with Crippen molar-refractivity contribution in [1.82, 2.24) is 10.3 Å². The molecule has 0 unspecified atom stereocenters. The summed E-state index contributed by atoms with van der Waals surface area (Å²) in [6.45, 7) is 3.47. The van der Waals surface area contributed by atoms with Crippen LogP contribution in [0.25, 0.3) is 11.1 Å². The average Bonchev–Trinajstić information content (AvgIpc) is 3.49. The Morgan fingerprint density at radius 2 is 1.55 bits per heavy atom. The summed E-state index contributed by atoms with van der Waals surface area (Å²) in [7, 11) is 0. The molecule has 4 rings (SSSR count). The number of anilines is 1. The Morgan fingerprint density at radius 3 is 2.10 bits per heavy atom. The van der Waals surface area contributed by atoms with Gasteiger partial charge in [-0.25, -0.2) is 4.98 Å². The molecule has 0 spiro atoms. The second-order valence-electron chi connectivity index (χ2n) is 7.59. The van der Waals surface area contributed by atoms with Crippen molar-refractivity contribution in [2.45, 2.75) is 32.2 Å². The number of amides is 2. The molecule has 1 aliphatic carbocycles. The van der Waals surface area contributed by atoms with Crippen LogP contribution in [-0.4, -0.2) is 16.8 Å². The smallest absolute Gasteiger partial charge is 0.251 e. The first kappa shape index (κ1) is 18.9. The summed E-state index contributed by atoms with van der Waals surface area (Å²) in [5.41, 5.74) is 4.68. The molecule has 0 saturated heterocycles. The minimum Gasteiger partial charge on any atom is -0.343 e. The minimum absolute atomic E-state index is 0.0377. The second-order valence-corrected chi connectivity index (χ2v) is 7.59. The third-order valence-corrected chi connectivity index (χ3v) is 5.25. The fourth-order valence-corrected chi connectivity index (χ4v) is 3.41. The van der Waals surface area contributed by atoms with Crippen LogP contribution in [0.1, 0.15) is 41.3 Å². The minimum atomic E-state index is -0.270. The maximum atomic E-state index is 12.6. The SMILES string of the molecule is CC(=O)Nc1ccc(-c2ccc(C3(NC(=O)c4ccc(C)cc4)CC3)cc2)cn1. The summed E-state index contributed by atoms with van der Waals surface area (Å²) >= 11 is 0. The highest BCUT2D eigenvalue weighted by Gasteiger charge is 2.45. The Kier molecular flexibility index (Phi) is 4.89. The van der Waals surface area contributed by atoms with Crippen molar-refractivity contribution in [3.63, 3.8) is 0 Å². The van der Waals surface area contributed by atoms with Gasteiger partial charge in [-0.15, -0.1) is 0 Å². The van der Waals surface area contributed by atoms with E-state index in [0.717, 1.165) is 35.1 Å². The number of hydrogen-bond donors (Lipinski definition) is 2. The lowest BCUT2D eigenvalue weighted by Crippen LogP contribution is -2.34. The first-order valence-corrected chi connectivity index (χ1v) is 9.69. The van der Waals surface area contributed by atoms with Gasteiger partial charge in [0.15, 0.2) is 0 Å². The van der Waals surface area contributed by atoms with Crippen molar-refractivity contribution < 1.29 is 9.59 Å². The first-order chi connectivity index (χ1) is 13.9. The Bertz CT molecular complexity index is 1030. The number of aryl methyl sites for hydroxylation is 1. The van der Waals surface area contributed by atoms with Gasteiger partial charge in [-0.1, -0.05) is 42.0 Å². The summed E-state index contributed by atoms with van der Waals surface area (Å²) in [5, 5.41) is 5.88. The largest absolute Gasteiger partial charge is 0.343 e. The van der Waals surface area contributed by atoms with E-state index in [1.807, 2.05) is 49.4 Å². The zero-order valence-corrected chi connectivity index (χ0v) is 16.5. The lowest BCUT2D eigenvalue weighted by atomic mass is 9.99. The summed E-state index contributed by atoms with van der Waals surface area (Å²) in [5.74, 6) is 0.356. The number of rotatable bonds is 5. The third-order valence-electron chi connectivity index (χ3n) is 5.25. The summed E-state index contributed by atoms with van der Waals surface area (Å²) in [6, 6.07) is 19.6. The van der Waals surface area contributed by atoms with E-state index in [9.17, 15) is 9.59 Å². The molecule has 5 nitrogen and oxygen atoms in total. The Hall–Kier alpha value is -3.47. The Balaban J connectivity index is 1.48. The highest BCUT2D eigenvalue weighted by Crippen LogP contribution is 2.46. The average molecular weight is 385 g/mol. The Labute approximate surface area is 170 Å². The van der Waals surface area contributed by atoms with Crippen molar-refractivity contribution >= 4 is 17.6 Å². The van der Waals surface area contributed by atoms with E-state index in [1.165, 1.54) is 6.92 Å². The van der Waals surface area contributed by atoms with Gasteiger partial charge in [0.2, 0.25) is 5.91 Å². The lowest BCUT2D eigenvalue weighted by molar-refractivity contribution is -0.114. The lowest BCUT2D eigenvalue weighted by Gasteiger charge is -2.18. The monoisotopic (exact) mass is 385 g/mol. The fraction of sp³-hybridized carbons (Fsp3) is 0.208. The van der Waals surface area contributed by atoms with E-state index < -0.39 is 0 Å². The highest BCUT2D eigenvalue weighted by atomic mass is 16.2. The molecule has 0 aliphatic heterocycles.